The number of fused-ring (bicyclic) bond motifs is 1. The summed E-state index contributed by atoms with van der Waals surface area (Å²) in [5.41, 5.74) is 0.831. The standard InChI is InChI=1S/C25H24N4O2S/c30-23-20-10-2-1-9-19(20)21(28-29(23)17-18-8-3-6-14-26-18)16-27-24(31)25(12-4-5-13-25)22-11-7-15-32-22/h1-3,6-11,14-15H,4-5,12-13,16-17H2,(H,27,31). The number of hydrogen-bond acceptors (Lipinski definition) is 5. The van der Waals surface area contributed by atoms with Crippen LogP contribution in [0.4, 0.5) is 0 Å². The van der Waals surface area contributed by atoms with Crippen molar-refractivity contribution in [2.45, 2.75) is 44.2 Å². The van der Waals surface area contributed by atoms with E-state index >= 15 is 0 Å². The third-order valence-electron chi connectivity index (χ3n) is 6.28. The molecule has 0 atom stereocenters. The summed E-state index contributed by atoms with van der Waals surface area (Å²) >= 11 is 1.65. The Morgan fingerprint density at radius 2 is 1.81 bits per heavy atom. The van der Waals surface area contributed by atoms with Crippen LogP contribution >= 0.6 is 11.3 Å². The Bertz CT molecular complexity index is 1290. The van der Waals surface area contributed by atoms with Gasteiger partial charge < -0.3 is 5.32 Å². The van der Waals surface area contributed by atoms with E-state index in [1.54, 1.807) is 17.5 Å². The summed E-state index contributed by atoms with van der Waals surface area (Å²) in [6, 6.07) is 17.1. The lowest BCUT2D eigenvalue weighted by atomic mass is 9.83. The van der Waals surface area contributed by atoms with Crippen molar-refractivity contribution in [1.29, 1.82) is 0 Å². The van der Waals surface area contributed by atoms with Crippen LogP contribution in [0, 0.1) is 0 Å². The van der Waals surface area contributed by atoms with E-state index in [9.17, 15) is 9.59 Å². The van der Waals surface area contributed by atoms with Crippen LogP contribution in [-0.2, 0) is 23.3 Å². The second-order valence-electron chi connectivity index (χ2n) is 8.23. The van der Waals surface area contributed by atoms with Crippen LogP contribution in [0.3, 0.4) is 0 Å². The SMILES string of the molecule is O=C(NCc1nn(Cc2ccccn2)c(=O)c2ccccc12)C1(c2cccs2)CCCC1. The fourth-order valence-electron chi connectivity index (χ4n) is 4.64. The Morgan fingerprint density at radius 3 is 2.53 bits per heavy atom. The predicted molar refractivity (Wildman–Crippen MR) is 126 cm³/mol. The number of carbonyl (C=O) groups excluding carboxylic acids is 1. The molecule has 162 valence electrons. The van der Waals surface area contributed by atoms with Gasteiger partial charge in [0.2, 0.25) is 5.91 Å². The van der Waals surface area contributed by atoms with Gasteiger partial charge in [0.05, 0.1) is 35.3 Å². The number of hydrogen-bond donors (Lipinski definition) is 1. The van der Waals surface area contributed by atoms with Crippen molar-refractivity contribution in [3.63, 3.8) is 0 Å². The van der Waals surface area contributed by atoms with E-state index in [1.807, 2.05) is 53.9 Å². The number of aromatic nitrogens is 3. The molecule has 0 bridgehead atoms. The maximum absolute atomic E-state index is 13.4. The molecule has 1 N–H and O–H groups in total. The Hall–Kier alpha value is -3.32. The first-order valence-electron chi connectivity index (χ1n) is 10.9. The zero-order valence-electron chi connectivity index (χ0n) is 17.7. The number of carbonyl (C=O) groups is 1. The van der Waals surface area contributed by atoms with Crippen molar-refractivity contribution in [2.75, 3.05) is 0 Å². The third kappa shape index (κ3) is 3.73. The molecule has 0 radical (unpaired) electrons. The average molecular weight is 445 g/mol. The van der Waals surface area contributed by atoms with Crippen LogP contribution in [0.1, 0.15) is 41.9 Å². The molecular weight excluding hydrogens is 420 g/mol. The van der Waals surface area contributed by atoms with Gasteiger partial charge in [0.1, 0.15) is 0 Å². The van der Waals surface area contributed by atoms with Gasteiger partial charge in [0, 0.05) is 16.5 Å². The fourth-order valence-corrected chi connectivity index (χ4v) is 5.62. The summed E-state index contributed by atoms with van der Waals surface area (Å²) in [6.45, 7) is 0.555. The smallest absolute Gasteiger partial charge is 0.275 e. The second-order valence-corrected chi connectivity index (χ2v) is 9.17. The summed E-state index contributed by atoms with van der Waals surface area (Å²) in [4.78, 5) is 31.9. The molecule has 0 spiro atoms. The lowest BCUT2D eigenvalue weighted by molar-refractivity contribution is -0.126. The first kappa shape index (κ1) is 20.6. The minimum absolute atomic E-state index is 0.0470. The van der Waals surface area contributed by atoms with Crippen molar-refractivity contribution < 1.29 is 4.79 Å². The van der Waals surface area contributed by atoms with Crippen LogP contribution in [-0.4, -0.2) is 20.7 Å². The van der Waals surface area contributed by atoms with Gasteiger partial charge in [-0.05, 0) is 42.5 Å². The largest absolute Gasteiger partial charge is 0.350 e. The zero-order valence-corrected chi connectivity index (χ0v) is 18.5. The number of nitrogens with zero attached hydrogens (tertiary/aromatic N) is 3. The van der Waals surface area contributed by atoms with Crippen LogP contribution < -0.4 is 10.9 Å². The lowest BCUT2D eigenvalue weighted by Gasteiger charge is -2.26. The predicted octanol–water partition coefficient (Wildman–Crippen LogP) is 4.03. The first-order valence-corrected chi connectivity index (χ1v) is 11.8. The molecule has 1 fully saturated rings. The quantitative estimate of drug-likeness (QED) is 0.487. The van der Waals surface area contributed by atoms with Crippen LogP contribution in [0.2, 0.25) is 0 Å². The van der Waals surface area contributed by atoms with Gasteiger partial charge in [-0.3, -0.25) is 14.6 Å². The molecule has 1 aliphatic rings. The summed E-state index contributed by atoms with van der Waals surface area (Å²) < 4.78 is 1.44. The minimum atomic E-state index is -0.452. The molecule has 32 heavy (non-hydrogen) atoms. The first-order chi connectivity index (χ1) is 15.7. The van der Waals surface area contributed by atoms with E-state index in [2.05, 4.69) is 21.5 Å². The Kier molecular flexibility index (Phi) is 5.57. The van der Waals surface area contributed by atoms with Gasteiger partial charge in [0.15, 0.2) is 0 Å². The zero-order chi connectivity index (χ0) is 22.0. The normalized spacial score (nSPS) is 15.1. The second kappa shape index (κ2) is 8.67. The molecule has 4 aromatic rings. The van der Waals surface area contributed by atoms with Crippen molar-refractivity contribution in [2.24, 2.45) is 0 Å². The lowest BCUT2D eigenvalue weighted by Crippen LogP contribution is -2.42. The van der Waals surface area contributed by atoms with Gasteiger partial charge in [-0.25, -0.2) is 4.68 Å². The van der Waals surface area contributed by atoms with E-state index in [0.717, 1.165) is 41.6 Å². The van der Waals surface area contributed by atoms with Gasteiger partial charge >= 0.3 is 0 Å². The maximum Gasteiger partial charge on any atom is 0.275 e. The van der Waals surface area contributed by atoms with Crippen molar-refractivity contribution in [3.8, 4) is 0 Å². The van der Waals surface area contributed by atoms with Gasteiger partial charge in [-0.2, -0.15) is 5.10 Å². The van der Waals surface area contributed by atoms with E-state index < -0.39 is 5.41 Å². The molecule has 3 heterocycles. The van der Waals surface area contributed by atoms with E-state index in [-0.39, 0.29) is 24.6 Å². The molecule has 1 saturated carbocycles. The van der Waals surface area contributed by atoms with Crippen molar-refractivity contribution >= 4 is 28.0 Å². The van der Waals surface area contributed by atoms with Crippen molar-refractivity contribution in [3.05, 3.63) is 92.8 Å². The average Bonchev–Trinajstić information content (AvgIpc) is 3.54. The number of rotatable bonds is 6. The third-order valence-corrected chi connectivity index (χ3v) is 7.36. The van der Waals surface area contributed by atoms with E-state index in [4.69, 9.17) is 0 Å². The highest BCUT2D eigenvalue weighted by Gasteiger charge is 2.43. The number of nitrogens with one attached hydrogen (secondary N) is 1. The summed E-state index contributed by atoms with van der Waals surface area (Å²) in [6.07, 6.45) is 5.55. The van der Waals surface area contributed by atoms with Crippen molar-refractivity contribution in [1.82, 2.24) is 20.1 Å². The molecule has 0 aliphatic heterocycles. The van der Waals surface area contributed by atoms with Crippen LogP contribution in [0.5, 0.6) is 0 Å². The van der Waals surface area contributed by atoms with E-state index in [1.165, 1.54) is 4.68 Å². The molecule has 5 rings (SSSR count). The monoisotopic (exact) mass is 444 g/mol. The number of amides is 1. The number of benzene rings is 1. The van der Waals surface area contributed by atoms with Gasteiger partial charge in [-0.15, -0.1) is 11.3 Å². The highest BCUT2D eigenvalue weighted by Crippen LogP contribution is 2.43. The highest BCUT2D eigenvalue weighted by molar-refractivity contribution is 7.10. The molecule has 1 aliphatic carbocycles. The van der Waals surface area contributed by atoms with Crippen LogP contribution in [0.25, 0.3) is 10.8 Å². The Morgan fingerprint density at radius 1 is 1.03 bits per heavy atom. The van der Waals surface area contributed by atoms with E-state index in [0.29, 0.717) is 11.1 Å². The fraction of sp³-hybridized carbons (Fsp3) is 0.280. The molecule has 6 nitrogen and oxygen atoms in total. The molecular formula is C25H24N4O2S. The maximum atomic E-state index is 13.4. The molecule has 1 amide bonds. The van der Waals surface area contributed by atoms with Crippen LogP contribution in [0.15, 0.2) is 71.0 Å². The number of thiophene rings is 1. The summed E-state index contributed by atoms with van der Waals surface area (Å²) in [5.74, 6) is 0.0470. The molecule has 1 aromatic carbocycles. The van der Waals surface area contributed by atoms with Gasteiger partial charge in [-0.1, -0.05) is 43.2 Å². The van der Waals surface area contributed by atoms with Gasteiger partial charge in [0.25, 0.3) is 5.56 Å². The molecule has 0 saturated heterocycles. The summed E-state index contributed by atoms with van der Waals surface area (Å²) in [5, 5.41) is 11.2. The molecule has 7 heteroatoms. The minimum Gasteiger partial charge on any atom is -0.350 e. The Balaban J connectivity index is 1.47. The highest BCUT2D eigenvalue weighted by atomic mass is 32.1. The number of pyridine rings is 1. The Labute approximate surface area is 189 Å². The molecule has 0 unspecified atom stereocenters. The topological polar surface area (TPSA) is 76.9 Å². The molecule has 3 aromatic heterocycles. The summed E-state index contributed by atoms with van der Waals surface area (Å²) in [7, 11) is 0.